The zero-order valence-corrected chi connectivity index (χ0v) is 10.4. The lowest BCUT2D eigenvalue weighted by Crippen LogP contribution is -2.35. The summed E-state index contributed by atoms with van der Waals surface area (Å²) in [6.07, 6.45) is 2.77. The van der Waals surface area contributed by atoms with Crippen molar-refractivity contribution < 1.29 is 12.8 Å². The number of nitrogens with zero attached hydrogens (tertiary/aromatic N) is 1. The minimum atomic E-state index is -3.49. The molecular weight excluding hydrogens is 241 g/mol. The van der Waals surface area contributed by atoms with Crippen LogP contribution >= 0.6 is 0 Å². The van der Waals surface area contributed by atoms with Crippen molar-refractivity contribution in [1.82, 2.24) is 4.31 Å². The van der Waals surface area contributed by atoms with Crippen LogP contribution in [0.3, 0.4) is 0 Å². The Morgan fingerprint density at radius 3 is 2.47 bits per heavy atom. The van der Waals surface area contributed by atoms with Crippen molar-refractivity contribution in [2.24, 2.45) is 0 Å². The second-order valence-electron chi connectivity index (χ2n) is 4.13. The van der Waals surface area contributed by atoms with Crippen LogP contribution in [0.15, 0.2) is 40.8 Å². The van der Waals surface area contributed by atoms with Gasteiger partial charge in [-0.25, -0.2) is 12.8 Å². The molecule has 1 heterocycles. The van der Waals surface area contributed by atoms with Crippen LogP contribution < -0.4 is 0 Å². The van der Waals surface area contributed by atoms with Gasteiger partial charge in [0.1, 0.15) is 5.82 Å². The number of halogens is 1. The third kappa shape index (κ3) is 2.56. The first-order valence-corrected chi connectivity index (χ1v) is 6.85. The van der Waals surface area contributed by atoms with Gasteiger partial charge < -0.3 is 0 Å². The van der Waals surface area contributed by atoms with Gasteiger partial charge in [0, 0.05) is 13.1 Å². The van der Waals surface area contributed by atoms with Crippen molar-refractivity contribution in [1.29, 1.82) is 0 Å². The summed E-state index contributed by atoms with van der Waals surface area (Å²) in [5, 5.41) is 0. The summed E-state index contributed by atoms with van der Waals surface area (Å²) < 4.78 is 38.6. The monoisotopic (exact) mass is 255 g/mol. The van der Waals surface area contributed by atoms with Crippen LogP contribution in [0.1, 0.15) is 13.3 Å². The Morgan fingerprint density at radius 2 is 1.88 bits per heavy atom. The summed E-state index contributed by atoms with van der Waals surface area (Å²) in [6.45, 7) is 2.81. The predicted molar refractivity (Wildman–Crippen MR) is 63.5 cm³/mol. The minimum Gasteiger partial charge on any atom is -0.207 e. The van der Waals surface area contributed by atoms with Gasteiger partial charge in [0.25, 0.3) is 0 Å². The maximum Gasteiger partial charge on any atom is 0.243 e. The van der Waals surface area contributed by atoms with Gasteiger partial charge in [-0.1, -0.05) is 11.6 Å². The van der Waals surface area contributed by atoms with E-state index < -0.39 is 15.8 Å². The first-order valence-electron chi connectivity index (χ1n) is 5.41. The van der Waals surface area contributed by atoms with E-state index in [1.165, 1.54) is 28.6 Å². The van der Waals surface area contributed by atoms with E-state index in [1.807, 2.05) is 13.0 Å². The molecule has 17 heavy (non-hydrogen) atoms. The van der Waals surface area contributed by atoms with E-state index in [4.69, 9.17) is 0 Å². The van der Waals surface area contributed by atoms with E-state index in [-0.39, 0.29) is 4.90 Å². The fourth-order valence-corrected chi connectivity index (χ4v) is 3.34. The molecular formula is C12H14FNO2S. The second-order valence-corrected chi connectivity index (χ2v) is 6.07. The molecule has 1 aromatic rings. The molecule has 0 saturated heterocycles. The zero-order chi connectivity index (χ0) is 12.5. The van der Waals surface area contributed by atoms with Crippen molar-refractivity contribution in [2.45, 2.75) is 18.2 Å². The van der Waals surface area contributed by atoms with Crippen LogP contribution in [0.5, 0.6) is 0 Å². The van der Waals surface area contributed by atoms with Crippen molar-refractivity contribution >= 4 is 10.0 Å². The van der Waals surface area contributed by atoms with Crippen LogP contribution in [0.25, 0.3) is 0 Å². The highest BCUT2D eigenvalue weighted by Crippen LogP contribution is 2.20. The molecule has 0 aliphatic carbocycles. The summed E-state index contributed by atoms with van der Waals surface area (Å²) in [5.41, 5.74) is 1.04. The third-order valence-electron chi connectivity index (χ3n) is 2.75. The first kappa shape index (κ1) is 12.3. The van der Waals surface area contributed by atoms with Gasteiger partial charge in [0.15, 0.2) is 0 Å². The molecule has 0 bridgehead atoms. The van der Waals surface area contributed by atoms with E-state index in [0.29, 0.717) is 13.1 Å². The molecule has 0 spiro atoms. The normalized spacial score (nSPS) is 17.9. The quantitative estimate of drug-likeness (QED) is 0.759. The highest BCUT2D eigenvalue weighted by atomic mass is 32.2. The van der Waals surface area contributed by atoms with Gasteiger partial charge in [-0.15, -0.1) is 0 Å². The van der Waals surface area contributed by atoms with Crippen molar-refractivity contribution in [3.05, 3.63) is 41.7 Å². The average Bonchev–Trinajstić information content (AvgIpc) is 2.29. The van der Waals surface area contributed by atoms with Gasteiger partial charge in [0.2, 0.25) is 10.0 Å². The van der Waals surface area contributed by atoms with Gasteiger partial charge in [-0.3, -0.25) is 0 Å². The maximum absolute atomic E-state index is 12.8. The topological polar surface area (TPSA) is 37.4 Å². The van der Waals surface area contributed by atoms with Crippen molar-refractivity contribution in [3.8, 4) is 0 Å². The van der Waals surface area contributed by atoms with E-state index >= 15 is 0 Å². The molecule has 0 aromatic heterocycles. The largest absolute Gasteiger partial charge is 0.243 e. The molecule has 0 fully saturated rings. The van der Waals surface area contributed by atoms with Crippen LogP contribution in [0, 0.1) is 5.82 Å². The lowest BCUT2D eigenvalue weighted by Gasteiger charge is -2.25. The zero-order valence-electron chi connectivity index (χ0n) is 9.56. The molecule has 0 amide bonds. The molecule has 0 radical (unpaired) electrons. The molecule has 0 N–H and O–H groups in total. The van der Waals surface area contributed by atoms with Crippen molar-refractivity contribution in [3.63, 3.8) is 0 Å². The molecule has 3 nitrogen and oxygen atoms in total. The summed E-state index contributed by atoms with van der Waals surface area (Å²) in [7, 11) is -3.49. The Balaban J connectivity index is 2.30. The maximum atomic E-state index is 12.8. The molecule has 0 atom stereocenters. The molecule has 2 rings (SSSR count). The molecule has 0 unspecified atom stereocenters. The van der Waals surface area contributed by atoms with Crippen LogP contribution in [0.4, 0.5) is 4.39 Å². The van der Waals surface area contributed by atoms with Crippen LogP contribution in [-0.4, -0.2) is 25.8 Å². The van der Waals surface area contributed by atoms with E-state index in [2.05, 4.69) is 0 Å². The number of rotatable bonds is 2. The molecule has 0 saturated carbocycles. The number of benzene rings is 1. The smallest absolute Gasteiger partial charge is 0.207 e. The number of hydrogen-bond donors (Lipinski definition) is 0. The Hall–Kier alpha value is -1.20. The Labute approximate surface area is 101 Å². The van der Waals surface area contributed by atoms with Gasteiger partial charge in [0.05, 0.1) is 4.90 Å². The van der Waals surface area contributed by atoms with Crippen molar-refractivity contribution in [2.75, 3.05) is 13.1 Å². The summed E-state index contributed by atoms with van der Waals surface area (Å²) in [6, 6.07) is 4.94. The summed E-state index contributed by atoms with van der Waals surface area (Å²) >= 11 is 0. The SMILES string of the molecule is CC1=CCCN(S(=O)(=O)c2ccc(F)cc2)C1. The number of hydrogen-bond acceptors (Lipinski definition) is 2. The fourth-order valence-electron chi connectivity index (χ4n) is 1.84. The third-order valence-corrected chi connectivity index (χ3v) is 4.61. The molecule has 5 heteroatoms. The van der Waals surface area contributed by atoms with E-state index in [9.17, 15) is 12.8 Å². The van der Waals surface area contributed by atoms with Crippen LogP contribution in [0.2, 0.25) is 0 Å². The highest BCUT2D eigenvalue weighted by Gasteiger charge is 2.25. The van der Waals surface area contributed by atoms with E-state index in [1.54, 1.807) is 0 Å². The first-order chi connectivity index (χ1) is 8.00. The average molecular weight is 255 g/mol. The van der Waals surface area contributed by atoms with Gasteiger partial charge in [-0.2, -0.15) is 4.31 Å². The summed E-state index contributed by atoms with van der Waals surface area (Å²) in [5.74, 6) is -0.432. The molecule has 1 aliphatic rings. The highest BCUT2D eigenvalue weighted by molar-refractivity contribution is 7.89. The van der Waals surface area contributed by atoms with Gasteiger partial charge in [-0.05, 0) is 37.6 Å². The molecule has 1 aliphatic heterocycles. The fraction of sp³-hybridized carbons (Fsp3) is 0.333. The van der Waals surface area contributed by atoms with Gasteiger partial charge >= 0.3 is 0 Å². The Kier molecular flexibility index (Phi) is 3.31. The number of sulfonamides is 1. The standard InChI is InChI=1S/C12H14FNO2S/c1-10-3-2-8-14(9-10)17(15,16)12-6-4-11(13)5-7-12/h3-7H,2,8-9H2,1H3. The molecule has 92 valence electrons. The summed E-state index contributed by atoms with van der Waals surface area (Å²) in [4.78, 5) is 0.147. The Bertz CT molecular complexity index is 534. The second kappa shape index (κ2) is 4.58. The lowest BCUT2D eigenvalue weighted by atomic mass is 10.2. The lowest BCUT2D eigenvalue weighted by molar-refractivity contribution is 0.428. The Morgan fingerprint density at radius 1 is 1.24 bits per heavy atom. The molecule has 1 aromatic carbocycles. The predicted octanol–water partition coefficient (Wildman–Crippen LogP) is 2.17. The van der Waals surface area contributed by atoms with Crippen LogP contribution in [-0.2, 0) is 10.0 Å². The van der Waals surface area contributed by atoms with E-state index in [0.717, 1.165) is 12.0 Å². The minimum absolute atomic E-state index is 0.147.